The molecule has 8 aliphatic rings. The third-order valence-corrected chi connectivity index (χ3v) is 27.3. The summed E-state index contributed by atoms with van der Waals surface area (Å²) in [6.45, 7) is 28.9. The summed E-state index contributed by atoms with van der Waals surface area (Å²) in [6, 6.07) is 21.7. The third kappa shape index (κ3) is 14.0. The molecule has 1 heterocycles. The summed E-state index contributed by atoms with van der Waals surface area (Å²) in [5.74, 6) is 9.93. The molecule has 3 aromatic carbocycles. The molecule has 0 radical (unpaired) electrons. The molecule has 0 saturated heterocycles. The second-order valence-electron chi connectivity index (χ2n) is 32.8. The number of nitrogens with one attached hydrogen (secondary N) is 4. The molecular weight excluding hydrogens is 1140 g/mol. The van der Waals surface area contributed by atoms with Crippen LogP contribution < -0.4 is 21.3 Å². The highest BCUT2D eigenvalue weighted by molar-refractivity contribution is 7.00. The quantitative estimate of drug-likeness (QED) is 0.0404. The summed E-state index contributed by atoms with van der Waals surface area (Å²) < 4.78 is 21.8. The topological polar surface area (TPSA) is 127 Å². The largest absolute Gasteiger partial charge is 0.446 e. The fourth-order valence-corrected chi connectivity index (χ4v) is 22.4. The van der Waals surface area contributed by atoms with Crippen LogP contribution in [0.4, 0.5) is 9.59 Å². The Morgan fingerprint density at radius 1 is 0.505 bits per heavy atom. The first-order chi connectivity index (χ1) is 43.8. The maximum absolute atomic E-state index is 13.1. The molecule has 0 spiro atoms. The van der Waals surface area contributed by atoms with Gasteiger partial charge in [0.15, 0.2) is 0 Å². The molecule has 10 nitrogen and oxygen atoms in total. The van der Waals surface area contributed by atoms with Crippen LogP contribution in [0.25, 0.3) is 33.3 Å². The minimum Gasteiger partial charge on any atom is -0.446 e. The van der Waals surface area contributed by atoms with Crippen LogP contribution >= 0.6 is 11.7 Å². The molecule has 6 fully saturated rings. The fourth-order valence-electron chi connectivity index (χ4n) is 21.8. The van der Waals surface area contributed by atoms with E-state index in [4.69, 9.17) is 18.2 Å². The minimum absolute atomic E-state index is 0.0441. The predicted octanol–water partition coefficient (Wildman–Crippen LogP) is 19.5. The van der Waals surface area contributed by atoms with Crippen molar-refractivity contribution >= 4 is 34.9 Å². The zero-order chi connectivity index (χ0) is 63.7. The average Bonchev–Trinajstić information content (AvgIpc) is 1.71. The van der Waals surface area contributed by atoms with Crippen molar-refractivity contribution in [2.75, 3.05) is 26.2 Å². The Hall–Kier alpha value is -4.58. The maximum Gasteiger partial charge on any atom is 0.407 e. The lowest BCUT2D eigenvalue weighted by Crippen LogP contribution is -2.51. The minimum atomic E-state index is -0.294. The highest BCUT2D eigenvalue weighted by atomic mass is 32.1. The molecule has 496 valence electrons. The number of aromatic nitrogens is 2. The average molecular weight is 1260 g/mol. The number of carbonyl (C=O) groups is 2. The first kappa shape index (κ1) is 66.4. The Kier molecular flexibility index (Phi) is 20.7. The van der Waals surface area contributed by atoms with E-state index >= 15 is 0 Å². The predicted molar refractivity (Wildman–Crippen MR) is 374 cm³/mol. The molecule has 0 aliphatic heterocycles. The molecule has 8 aliphatic carbocycles. The molecule has 6 saturated carbocycles. The molecule has 4 N–H and O–H groups in total. The van der Waals surface area contributed by atoms with Crippen molar-refractivity contribution in [2.45, 2.75) is 236 Å². The van der Waals surface area contributed by atoms with Gasteiger partial charge in [0, 0.05) is 63.2 Å². The van der Waals surface area contributed by atoms with E-state index in [1.54, 1.807) is 11.1 Å². The molecule has 0 unspecified atom stereocenters. The number of fused-ring (bicyclic) bond motifs is 11. The van der Waals surface area contributed by atoms with Crippen LogP contribution in [0.3, 0.4) is 0 Å². The van der Waals surface area contributed by atoms with Gasteiger partial charge in [-0.15, -0.1) is 0 Å². The van der Waals surface area contributed by atoms with Gasteiger partial charge < -0.3 is 30.7 Å². The molecule has 0 bridgehead atoms. The highest BCUT2D eigenvalue weighted by Gasteiger charge is 2.61. The van der Waals surface area contributed by atoms with Crippen LogP contribution in [0.2, 0.25) is 0 Å². The summed E-state index contributed by atoms with van der Waals surface area (Å²) in [6.07, 6.45) is 32.5. The number of alkyl carbamates (subject to hydrolysis) is 2. The number of hydrogen-bond donors (Lipinski definition) is 4. The molecule has 4 aromatic rings. The lowest BCUT2D eigenvalue weighted by atomic mass is 9.47. The van der Waals surface area contributed by atoms with E-state index in [0.29, 0.717) is 50.1 Å². The van der Waals surface area contributed by atoms with E-state index in [1.807, 2.05) is 0 Å². The van der Waals surface area contributed by atoms with E-state index in [9.17, 15) is 9.59 Å². The van der Waals surface area contributed by atoms with Crippen LogP contribution in [-0.4, -0.2) is 59.3 Å². The number of allylic oxidation sites excluding steroid dienone is 2. The van der Waals surface area contributed by atoms with Crippen molar-refractivity contribution in [3.8, 4) is 22.3 Å². The monoisotopic (exact) mass is 1260 g/mol. The van der Waals surface area contributed by atoms with E-state index in [1.165, 1.54) is 126 Å². The normalized spacial score (nSPS) is 33.1. The van der Waals surface area contributed by atoms with Crippen LogP contribution in [0.1, 0.15) is 222 Å². The Bertz CT molecular complexity index is 2980. The Labute approximate surface area is 553 Å². The second-order valence-corrected chi connectivity index (χ2v) is 33.4. The smallest absolute Gasteiger partial charge is 0.407 e. The molecule has 12 rings (SSSR count). The van der Waals surface area contributed by atoms with Crippen molar-refractivity contribution in [1.29, 1.82) is 0 Å². The van der Waals surface area contributed by atoms with Gasteiger partial charge in [0.1, 0.15) is 23.2 Å². The van der Waals surface area contributed by atoms with Gasteiger partial charge in [0.25, 0.3) is 0 Å². The van der Waals surface area contributed by atoms with Gasteiger partial charge in [-0.2, -0.15) is 8.75 Å². The summed E-state index contributed by atoms with van der Waals surface area (Å²) in [5, 5.41) is 13.1. The standard InChI is InChI=1S/C80H116N6O4S/c1-51(2)13-11-15-53(5)67-31-33-69-65-27-25-59-47-61(35-39-77(59,7)71(65)37-41-79(67,69)9)89-75(87)83-45-43-81-49-55-17-21-57(22-18-55)63-29-30-64(74-73(63)85-91-86-74)58-23-19-56(20-24-58)50-82-44-46-84-76(88)90-62-36-40-78(8)60(48-62)26-28-66-70-34-32-68(54(6)16-12-14-52(3)4)80(70,10)42-38-72(66)78/h17-26,29-30,51-54,61-62,65-72,81-82H,11-16,27-28,31-50H2,1-10H3,(H,83,87)(H,84,88)/t53-,54-,61+,62+,65+,66+,67-,68-,69+,70+,71+,72+,77+,78+,79-,80-/m1/s1. The first-order valence-corrected chi connectivity index (χ1v) is 37.7. The van der Waals surface area contributed by atoms with Crippen molar-refractivity contribution in [1.82, 2.24) is 30.0 Å². The summed E-state index contributed by atoms with van der Waals surface area (Å²) >= 11 is 1.25. The number of hydrogen-bond acceptors (Lipinski definition) is 9. The van der Waals surface area contributed by atoms with E-state index in [0.717, 1.165) is 143 Å². The van der Waals surface area contributed by atoms with Gasteiger partial charge in [-0.25, -0.2) is 9.59 Å². The molecule has 2 amide bonds. The van der Waals surface area contributed by atoms with Crippen LogP contribution in [-0.2, 0) is 22.6 Å². The Morgan fingerprint density at radius 3 is 1.33 bits per heavy atom. The molecular formula is C80H116N6O4S. The first-order valence-electron chi connectivity index (χ1n) is 37.0. The molecule has 16 atom stereocenters. The van der Waals surface area contributed by atoms with Crippen molar-refractivity contribution in [3.05, 3.63) is 95.1 Å². The Balaban J connectivity index is 0.538. The number of carbonyl (C=O) groups excluding carboxylic acids is 2. The summed E-state index contributed by atoms with van der Waals surface area (Å²) in [4.78, 5) is 26.2. The van der Waals surface area contributed by atoms with Gasteiger partial charge in [-0.1, -0.05) is 192 Å². The third-order valence-electron chi connectivity index (χ3n) is 26.8. The van der Waals surface area contributed by atoms with Gasteiger partial charge in [-0.3, -0.25) is 0 Å². The van der Waals surface area contributed by atoms with E-state index < -0.39 is 0 Å². The SMILES string of the molecule is CC(C)CCC[C@@H](C)[C@H]1CC[C@H]2[C@@H]3CC=C4C[C@@H](OC(=O)NCCNCc5ccc(-c6ccc(-c7ccc(CNCCNC(=O)O[C@H]8CC[C@@]9(C)C(=CC[C@H]%10[C@@H]%11CC[C@H]([C@H](C)CCCC(C)C)[C@@]%11(C)CC[C@@H]%109)C8)cc7)c7nsnc67)cc5)CC[C@]4(C)[C@H]3CC[C@]12C. The maximum atomic E-state index is 13.1. The summed E-state index contributed by atoms with van der Waals surface area (Å²) in [5.41, 5.74) is 13.2. The Morgan fingerprint density at radius 2 is 0.923 bits per heavy atom. The zero-order valence-electron chi connectivity index (χ0n) is 57.7. The number of rotatable bonds is 24. The number of benzene rings is 3. The van der Waals surface area contributed by atoms with Crippen molar-refractivity contribution in [2.24, 2.45) is 92.7 Å². The zero-order valence-corrected chi connectivity index (χ0v) is 58.6. The number of amides is 2. The van der Waals surface area contributed by atoms with Gasteiger partial charge in [-0.05, 0) is 205 Å². The van der Waals surface area contributed by atoms with Crippen molar-refractivity contribution in [3.63, 3.8) is 0 Å². The number of ether oxygens (including phenoxy) is 2. The number of nitrogens with zero attached hydrogens (tertiary/aromatic N) is 2. The molecule has 91 heavy (non-hydrogen) atoms. The van der Waals surface area contributed by atoms with Crippen LogP contribution in [0, 0.1) is 92.7 Å². The second kappa shape index (κ2) is 28.4. The fraction of sp³-hybridized carbons (Fsp3) is 0.700. The van der Waals surface area contributed by atoms with Gasteiger partial charge >= 0.3 is 12.2 Å². The van der Waals surface area contributed by atoms with Crippen molar-refractivity contribution < 1.29 is 19.1 Å². The van der Waals surface area contributed by atoms with E-state index in [2.05, 4.69) is 163 Å². The van der Waals surface area contributed by atoms with E-state index in [-0.39, 0.29) is 35.2 Å². The molecule has 11 heteroatoms. The summed E-state index contributed by atoms with van der Waals surface area (Å²) in [7, 11) is 0. The van der Waals surface area contributed by atoms with Gasteiger partial charge in [0.2, 0.25) is 0 Å². The van der Waals surface area contributed by atoms with Gasteiger partial charge in [0.05, 0.1) is 11.7 Å². The van der Waals surface area contributed by atoms with Crippen LogP contribution in [0.15, 0.2) is 84.0 Å². The molecule has 1 aromatic heterocycles. The lowest BCUT2D eigenvalue weighted by molar-refractivity contribution is -0.0581. The highest BCUT2D eigenvalue weighted by Crippen LogP contribution is 2.69. The van der Waals surface area contributed by atoms with Crippen LogP contribution in [0.5, 0.6) is 0 Å². The lowest BCUT2D eigenvalue weighted by Gasteiger charge is -2.58.